The van der Waals surface area contributed by atoms with E-state index in [1.165, 1.54) is 51.9 Å². The van der Waals surface area contributed by atoms with E-state index >= 15 is 0 Å². The first-order valence-corrected chi connectivity index (χ1v) is 14.2. The molecule has 0 bridgehead atoms. The Balaban J connectivity index is 1.23. The summed E-state index contributed by atoms with van der Waals surface area (Å²) in [6, 6.07) is 19.5. The minimum Gasteiger partial charge on any atom is -0.406 e. The fraction of sp³-hybridized carbons (Fsp3) is 0.200. The van der Waals surface area contributed by atoms with Crippen molar-refractivity contribution < 1.29 is 27.5 Å². The second kappa shape index (κ2) is 12.6. The normalized spacial score (nSPS) is 14.9. The number of aromatic nitrogens is 3. The van der Waals surface area contributed by atoms with Gasteiger partial charge in [-0.2, -0.15) is 4.99 Å². The number of benzene rings is 3. The molecule has 2 heterocycles. The van der Waals surface area contributed by atoms with E-state index in [4.69, 9.17) is 0 Å². The summed E-state index contributed by atoms with van der Waals surface area (Å²) in [5, 5.41) is 4.72. The fourth-order valence-electron chi connectivity index (χ4n) is 4.41. The summed E-state index contributed by atoms with van der Waals surface area (Å²) >= 11 is 1.21. The maximum Gasteiger partial charge on any atom is 0.573 e. The Bertz CT molecular complexity index is 1700. The number of para-hydroxylation sites is 1. The lowest BCUT2D eigenvalue weighted by Crippen LogP contribution is -2.30. The Morgan fingerprint density at radius 2 is 1.77 bits per heavy atom. The molecule has 0 N–H and O–H groups in total. The minimum absolute atomic E-state index is 0.133. The molecule has 0 unspecified atom stereocenters. The number of amides is 3. The maximum atomic E-state index is 12.7. The number of carbonyl (C=O) groups excluding carboxylic acids is 2. The van der Waals surface area contributed by atoms with E-state index in [9.17, 15) is 22.8 Å². The van der Waals surface area contributed by atoms with Crippen molar-refractivity contribution in [2.75, 3.05) is 10.7 Å². The van der Waals surface area contributed by atoms with Crippen molar-refractivity contribution in [2.45, 2.75) is 33.1 Å². The van der Waals surface area contributed by atoms with Gasteiger partial charge in [-0.3, -0.25) is 9.69 Å². The third-order valence-electron chi connectivity index (χ3n) is 6.36. The van der Waals surface area contributed by atoms with Crippen LogP contribution >= 0.6 is 11.8 Å². The molecule has 3 amide bonds. The van der Waals surface area contributed by atoms with Gasteiger partial charge in [0.2, 0.25) is 5.91 Å². The highest BCUT2D eigenvalue weighted by molar-refractivity contribution is 8.15. The van der Waals surface area contributed by atoms with Crippen LogP contribution in [0.3, 0.4) is 0 Å². The van der Waals surface area contributed by atoms with Crippen molar-refractivity contribution in [3.8, 4) is 22.8 Å². The Labute approximate surface area is 249 Å². The summed E-state index contributed by atoms with van der Waals surface area (Å²) in [5.41, 5.74) is 4.40. The average molecular weight is 607 g/mol. The van der Waals surface area contributed by atoms with Crippen LogP contribution in [0.25, 0.3) is 17.1 Å². The van der Waals surface area contributed by atoms with Crippen LogP contribution in [0.1, 0.15) is 25.0 Å². The molecule has 1 saturated heterocycles. The first kappa shape index (κ1) is 29.7. The Kier molecular flexibility index (Phi) is 8.71. The first-order valence-electron chi connectivity index (χ1n) is 13.2. The average Bonchev–Trinajstić information content (AvgIpc) is 3.60. The SMILES string of the molecule is CCc1ccccc1N1C(=O)CSC1=NC(=O)N=C(C)Cc1ccc(-c2ncn(-c3ccc(OC(F)(F)F)cc3)n2)cc1. The number of anilines is 1. The van der Waals surface area contributed by atoms with Crippen LogP contribution in [0.15, 0.2) is 89.1 Å². The lowest BCUT2D eigenvalue weighted by molar-refractivity contribution is -0.274. The highest BCUT2D eigenvalue weighted by atomic mass is 32.2. The summed E-state index contributed by atoms with van der Waals surface area (Å²) in [7, 11) is 0. The van der Waals surface area contributed by atoms with Gasteiger partial charge in [-0.1, -0.05) is 61.2 Å². The monoisotopic (exact) mass is 606 g/mol. The Morgan fingerprint density at radius 3 is 2.47 bits per heavy atom. The zero-order valence-corrected chi connectivity index (χ0v) is 23.9. The topological polar surface area (TPSA) is 102 Å². The summed E-state index contributed by atoms with van der Waals surface area (Å²) in [5.74, 6) is 0.171. The number of rotatable bonds is 7. The summed E-state index contributed by atoms with van der Waals surface area (Å²) in [6.07, 6.45) is -2.16. The van der Waals surface area contributed by atoms with Gasteiger partial charge in [-0.15, -0.1) is 18.3 Å². The highest BCUT2D eigenvalue weighted by Gasteiger charge is 2.32. The van der Waals surface area contributed by atoms with Gasteiger partial charge >= 0.3 is 12.4 Å². The molecule has 13 heteroatoms. The van der Waals surface area contributed by atoms with Crippen LogP contribution in [-0.4, -0.2) is 49.7 Å². The molecule has 1 fully saturated rings. The standard InChI is InChI=1S/C30H25F3N6O3S/c1-3-21-6-4-5-7-25(21)39-26(40)17-43-29(39)36-28(41)35-19(2)16-20-8-10-22(11-9-20)27-34-18-38(37-27)23-12-14-24(15-13-23)42-30(31,32)33/h4-15,18H,3,16-17H2,1-2H3. The smallest absolute Gasteiger partial charge is 0.406 e. The Hall–Kier alpha value is -4.78. The number of aryl methyl sites for hydroxylation is 1. The number of urea groups is 1. The molecule has 3 aromatic carbocycles. The van der Waals surface area contributed by atoms with Crippen LogP contribution in [0, 0.1) is 0 Å². The van der Waals surface area contributed by atoms with Crippen molar-refractivity contribution in [1.82, 2.24) is 14.8 Å². The highest BCUT2D eigenvalue weighted by Crippen LogP contribution is 2.30. The van der Waals surface area contributed by atoms with Crippen LogP contribution in [-0.2, 0) is 17.6 Å². The van der Waals surface area contributed by atoms with Crippen molar-refractivity contribution in [2.24, 2.45) is 9.98 Å². The quantitative estimate of drug-likeness (QED) is 0.218. The fourth-order valence-corrected chi connectivity index (χ4v) is 5.26. The number of ether oxygens (including phenoxy) is 1. The molecule has 9 nitrogen and oxygen atoms in total. The minimum atomic E-state index is -4.76. The molecule has 5 rings (SSSR count). The predicted molar refractivity (Wildman–Crippen MR) is 159 cm³/mol. The molecular formula is C30H25F3N6O3S. The number of halogens is 3. The van der Waals surface area contributed by atoms with E-state index < -0.39 is 12.4 Å². The van der Waals surface area contributed by atoms with E-state index in [-0.39, 0.29) is 17.4 Å². The molecule has 1 aliphatic heterocycles. The van der Waals surface area contributed by atoms with Crippen LogP contribution in [0.2, 0.25) is 0 Å². The van der Waals surface area contributed by atoms with Gasteiger partial charge < -0.3 is 4.74 Å². The molecule has 0 atom stereocenters. The van der Waals surface area contributed by atoms with Gasteiger partial charge in [-0.25, -0.2) is 19.5 Å². The predicted octanol–water partition coefficient (Wildman–Crippen LogP) is 6.65. The molecule has 0 saturated carbocycles. The van der Waals surface area contributed by atoms with E-state index in [0.29, 0.717) is 28.8 Å². The van der Waals surface area contributed by atoms with Gasteiger partial charge in [0.05, 0.1) is 17.1 Å². The summed E-state index contributed by atoms with van der Waals surface area (Å²) in [4.78, 5) is 39.3. The van der Waals surface area contributed by atoms with E-state index in [0.717, 1.165) is 28.8 Å². The largest absolute Gasteiger partial charge is 0.573 e. The zero-order chi connectivity index (χ0) is 30.6. The summed E-state index contributed by atoms with van der Waals surface area (Å²) in [6.45, 7) is 3.73. The molecule has 0 aliphatic carbocycles. The van der Waals surface area contributed by atoms with Crippen LogP contribution in [0.5, 0.6) is 5.75 Å². The molecule has 0 radical (unpaired) electrons. The number of aliphatic imine (C=N–C) groups is 2. The third-order valence-corrected chi connectivity index (χ3v) is 7.28. The molecule has 1 aromatic heterocycles. The number of alkyl halides is 3. The molecular weight excluding hydrogens is 581 g/mol. The van der Waals surface area contributed by atoms with Gasteiger partial charge in [-0.05, 0) is 54.8 Å². The van der Waals surface area contributed by atoms with Crippen LogP contribution in [0.4, 0.5) is 23.7 Å². The van der Waals surface area contributed by atoms with Gasteiger partial charge in [0, 0.05) is 17.7 Å². The lowest BCUT2D eigenvalue weighted by atomic mass is 10.1. The van der Waals surface area contributed by atoms with Crippen molar-refractivity contribution in [3.05, 3.63) is 90.3 Å². The number of hydrogen-bond acceptors (Lipinski definition) is 6. The summed E-state index contributed by atoms with van der Waals surface area (Å²) < 4.78 is 42.5. The molecule has 4 aromatic rings. The number of amidine groups is 1. The number of hydrogen-bond donors (Lipinski definition) is 0. The second-order valence-corrected chi connectivity index (χ2v) is 10.4. The van der Waals surface area contributed by atoms with E-state index in [1.54, 1.807) is 6.92 Å². The first-order chi connectivity index (χ1) is 20.6. The number of nitrogens with zero attached hydrogens (tertiary/aromatic N) is 6. The lowest BCUT2D eigenvalue weighted by Gasteiger charge is -2.18. The third kappa shape index (κ3) is 7.36. The molecule has 43 heavy (non-hydrogen) atoms. The van der Waals surface area contributed by atoms with Crippen LogP contribution < -0.4 is 9.64 Å². The van der Waals surface area contributed by atoms with Gasteiger partial charge in [0.1, 0.15) is 12.1 Å². The van der Waals surface area contributed by atoms with Crippen molar-refractivity contribution in [1.29, 1.82) is 0 Å². The number of carbonyl (C=O) groups is 2. The molecule has 1 aliphatic rings. The Morgan fingerprint density at radius 1 is 1.05 bits per heavy atom. The van der Waals surface area contributed by atoms with Gasteiger partial charge in [0.15, 0.2) is 11.0 Å². The second-order valence-electron chi connectivity index (χ2n) is 9.45. The molecule has 220 valence electrons. The van der Waals surface area contributed by atoms with E-state index in [2.05, 4.69) is 24.8 Å². The van der Waals surface area contributed by atoms with Gasteiger partial charge in [0.25, 0.3) is 0 Å². The zero-order valence-electron chi connectivity index (χ0n) is 23.1. The number of thioether (sulfide) groups is 1. The van der Waals surface area contributed by atoms with Crippen molar-refractivity contribution >= 4 is 40.3 Å². The van der Waals surface area contributed by atoms with E-state index in [1.807, 2.05) is 55.5 Å². The maximum absolute atomic E-state index is 12.7. The van der Waals surface area contributed by atoms with Crippen molar-refractivity contribution in [3.63, 3.8) is 0 Å². The molecule has 0 spiro atoms.